The van der Waals surface area contributed by atoms with Gasteiger partial charge in [0.15, 0.2) is 0 Å². The van der Waals surface area contributed by atoms with E-state index < -0.39 is 5.54 Å². The maximum atomic E-state index is 5.79. The number of hydrogen-bond acceptors (Lipinski definition) is 5. The van der Waals surface area contributed by atoms with Crippen LogP contribution in [0.2, 0.25) is 0 Å². The lowest BCUT2D eigenvalue weighted by Gasteiger charge is -2.17. The zero-order chi connectivity index (χ0) is 11.6. The molecule has 0 amide bonds. The summed E-state index contributed by atoms with van der Waals surface area (Å²) in [7, 11) is 0. The van der Waals surface area contributed by atoms with E-state index in [-0.39, 0.29) is 6.01 Å². The summed E-state index contributed by atoms with van der Waals surface area (Å²) in [6.07, 6.45) is 0. The zero-order valence-corrected chi connectivity index (χ0v) is 9.34. The van der Waals surface area contributed by atoms with Crippen molar-refractivity contribution >= 4 is 11.0 Å². The van der Waals surface area contributed by atoms with E-state index in [0.29, 0.717) is 6.61 Å². The Morgan fingerprint density at radius 3 is 2.56 bits per heavy atom. The van der Waals surface area contributed by atoms with Crippen molar-refractivity contribution in [2.75, 3.05) is 6.61 Å². The van der Waals surface area contributed by atoms with Crippen molar-refractivity contribution in [2.24, 2.45) is 5.73 Å². The Bertz CT molecular complexity index is 493. The van der Waals surface area contributed by atoms with E-state index in [1.54, 1.807) is 0 Å². The van der Waals surface area contributed by atoms with Crippen molar-refractivity contribution in [3.63, 3.8) is 0 Å². The Balaban J connectivity index is 2.20. The SMILES string of the molecule is CC(C)(N)COc1nnc2ccccc2n1. The van der Waals surface area contributed by atoms with Crippen LogP contribution in [0, 0.1) is 0 Å². The Labute approximate surface area is 93.7 Å². The van der Waals surface area contributed by atoms with Gasteiger partial charge >= 0.3 is 6.01 Å². The van der Waals surface area contributed by atoms with Crippen LogP contribution < -0.4 is 10.5 Å². The molecule has 0 bridgehead atoms. The van der Waals surface area contributed by atoms with Gasteiger partial charge in [-0.05, 0) is 26.0 Å². The molecule has 0 unspecified atom stereocenters. The molecule has 2 rings (SSSR count). The van der Waals surface area contributed by atoms with Gasteiger partial charge in [0, 0.05) is 5.54 Å². The summed E-state index contributed by atoms with van der Waals surface area (Å²) in [5.74, 6) is 0. The predicted molar refractivity (Wildman–Crippen MR) is 61.1 cm³/mol. The first-order valence-corrected chi connectivity index (χ1v) is 5.06. The van der Waals surface area contributed by atoms with E-state index in [1.165, 1.54) is 0 Å². The minimum Gasteiger partial charge on any atom is -0.460 e. The summed E-state index contributed by atoms with van der Waals surface area (Å²) < 4.78 is 5.37. The molecule has 0 saturated carbocycles. The van der Waals surface area contributed by atoms with Gasteiger partial charge in [-0.2, -0.15) is 4.98 Å². The fourth-order valence-corrected chi connectivity index (χ4v) is 1.18. The van der Waals surface area contributed by atoms with Crippen LogP contribution >= 0.6 is 0 Å². The highest BCUT2D eigenvalue weighted by Crippen LogP contribution is 2.10. The molecule has 0 saturated heterocycles. The molecule has 0 spiro atoms. The molecule has 2 N–H and O–H groups in total. The molecule has 5 heteroatoms. The van der Waals surface area contributed by atoms with Crippen molar-refractivity contribution < 1.29 is 4.74 Å². The smallest absolute Gasteiger partial charge is 0.336 e. The first-order valence-electron chi connectivity index (χ1n) is 5.06. The molecule has 1 aromatic heterocycles. The lowest BCUT2D eigenvalue weighted by molar-refractivity contribution is 0.225. The van der Waals surface area contributed by atoms with Gasteiger partial charge in [-0.25, -0.2) is 0 Å². The standard InChI is InChI=1S/C11H14N4O/c1-11(2,12)7-16-10-13-8-5-3-4-6-9(8)14-15-10/h3-6H,7,12H2,1-2H3. The van der Waals surface area contributed by atoms with Gasteiger partial charge in [-0.3, -0.25) is 0 Å². The second-order valence-corrected chi connectivity index (χ2v) is 4.36. The largest absolute Gasteiger partial charge is 0.460 e. The average Bonchev–Trinajstić information content (AvgIpc) is 2.25. The van der Waals surface area contributed by atoms with Crippen LogP contribution in [0.4, 0.5) is 0 Å². The highest BCUT2D eigenvalue weighted by Gasteiger charge is 2.12. The quantitative estimate of drug-likeness (QED) is 0.836. The molecule has 0 aliphatic carbocycles. The second kappa shape index (κ2) is 4.02. The van der Waals surface area contributed by atoms with E-state index in [9.17, 15) is 0 Å². The third kappa shape index (κ3) is 2.64. The van der Waals surface area contributed by atoms with Gasteiger partial charge in [0.25, 0.3) is 0 Å². The number of aromatic nitrogens is 3. The van der Waals surface area contributed by atoms with E-state index in [2.05, 4.69) is 15.2 Å². The third-order valence-corrected chi connectivity index (χ3v) is 1.91. The Morgan fingerprint density at radius 1 is 1.19 bits per heavy atom. The highest BCUT2D eigenvalue weighted by molar-refractivity contribution is 5.73. The first-order chi connectivity index (χ1) is 7.54. The van der Waals surface area contributed by atoms with Gasteiger partial charge in [0.05, 0.1) is 5.52 Å². The molecule has 84 valence electrons. The minimum atomic E-state index is -0.408. The summed E-state index contributed by atoms with van der Waals surface area (Å²) >= 11 is 0. The van der Waals surface area contributed by atoms with Crippen LogP contribution in [-0.2, 0) is 0 Å². The number of nitrogens with zero attached hydrogens (tertiary/aromatic N) is 3. The number of benzene rings is 1. The first kappa shape index (κ1) is 10.8. The molecule has 0 atom stereocenters. The van der Waals surface area contributed by atoms with Crippen LogP contribution in [0.25, 0.3) is 11.0 Å². The van der Waals surface area contributed by atoms with Crippen molar-refractivity contribution in [3.8, 4) is 6.01 Å². The minimum absolute atomic E-state index is 0.261. The number of ether oxygens (including phenoxy) is 1. The van der Waals surface area contributed by atoms with Crippen LogP contribution in [0.1, 0.15) is 13.8 Å². The Hall–Kier alpha value is -1.75. The molecule has 1 aromatic carbocycles. The maximum absolute atomic E-state index is 5.79. The van der Waals surface area contributed by atoms with E-state index in [0.717, 1.165) is 11.0 Å². The summed E-state index contributed by atoms with van der Waals surface area (Å²) in [4.78, 5) is 4.23. The van der Waals surface area contributed by atoms with Crippen LogP contribution in [0.3, 0.4) is 0 Å². The maximum Gasteiger partial charge on any atom is 0.336 e. The van der Waals surface area contributed by atoms with Gasteiger partial charge in [0.2, 0.25) is 0 Å². The molecule has 5 nitrogen and oxygen atoms in total. The fourth-order valence-electron chi connectivity index (χ4n) is 1.18. The van der Waals surface area contributed by atoms with Gasteiger partial charge in [0.1, 0.15) is 12.1 Å². The second-order valence-electron chi connectivity index (χ2n) is 4.36. The van der Waals surface area contributed by atoms with Gasteiger partial charge in [-0.15, -0.1) is 5.10 Å². The van der Waals surface area contributed by atoms with E-state index in [1.807, 2.05) is 38.1 Å². The summed E-state index contributed by atoms with van der Waals surface area (Å²) in [6, 6.07) is 7.77. The summed E-state index contributed by atoms with van der Waals surface area (Å²) in [5.41, 5.74) is 6.91. The predicted octanol–water partition coefficient (Wildman–Crippen LogP) is 1.14. The summed E-state index contributed by atoms with van der Waals surface area (Å²) in [6.45, 7) is 4.11. The number of para-hydroxylation sites is 1. The van der Waals surface area contributed by atoms with Crippen molar-refractivity contribution in [1.82, 2.24) is 15.2 Å². The molecule has 0 aliphatic heterocycles. The Kier molecular flexibility index (Phi) is 2.70. The third-order valence-electron chi connectivity index (χ3n) is 1.91. The number of nitrogens with two attached hydrogens (primary N) is 1. The number of hydrogen-bond donors (Lipinski definition) is 1. The lowest BCUT2D eigenvalue weighted by atomic mass is 10.1. The molecule has 0 aliphatic rings. The number of rotatable bonds is 3. The Morgan fingerprint density at radius 2 is 1.88 bits per heavy atom. The molecule has 0 radical (unpaired) electrons. The highest BCUT2D eigenvalue weighted by atomic mass is 16.5. The molecular weight excluding hydrogens is 204 g/mol. The molecule has 16 heavy (non-hydrogen) atoms. The van der Waals surface area contributed by atoms with Crippen molar-refractivity contribution in [3.05, 3.63) is 24.3 Å². The topological polar surface area (TPSA) is 73.9 Å². The van der Waals surface area contributed by atoms with Crippen LogP contribution in [-0.4, -0.2) is 27.3 Å². The molecular formula is C11H14N4O. The van der Waals surface area contributed by atoms with Gasteiger partial charge in [-0.1, -0.05) is 17.2 Å². The average molecular weight is 218 g/mol. The van der Waals surface area contributed by atoms with E-state index >= 15 is 0 Å². The monoisotopic (exact) mass is 218 g/mol. The van der Waals surface area contributed by atoms with Gasteiger partial charge < -0.3 is 10.5 Å². The van der Waals surface area contributed by atoms with Crippen LogP contribution in [0.15, 0.2) is 24.3 Å². The van der Waals surface area contributed by atoms with Crippen molar-refractivity contribution in [2.45, 2.75) is 19.4 Å². The molecule has 2 aromatic rings. The normalized spacial score (nSPS) is 11.7. The summed E-state index contributed by atoms with van der Waals surface area (Å²) in [5, 5.41) is 7.87. The van der Waals surface area contributed by atoms with E-state index in [4.69, 9.17) is 10.5 Å². The lowest BCUT2D eigenvalue weighted by Crippen LogP contribution is -2.39. The number of fused-ring (bicyclic) bond motifs is 1. The van der Waals surface area contributed by atoms with Crippen LogP contribution in [0.5, 0.6) is 6.01 Å². The van der Waals surface area contributed by atoms with Crippen molar-refractivity contribution in [1.29, 1.82) is 0 Å². The zero-order valence-electron chi connectivity index (χ0n) is 9.34. The molecule has 1 heterocycles. The fraction of sp³-hybridized carbons (Fsp3) is 0.364. The molecule has 0 fully saturated rings.